The van der Waals surface area contributed by atoms with Gasteiger partial charge in [0.1, 0.15) is 17.2 Å². The number of imide groups is 1. The van der Waals surface area contributed by atoms with Crippen LogP contribution in [0.25, 0.3) is 5.57 Å². The number of thiophene rings is 1. The highest BCUT2D eigenvalue weighted by Gasteiger charge is 2.43. The van der Waals surface area contributed by atoms with Crippen LogP contribution < -0.4 is 14.4 Å². The first-order chi connectivity index (χ1) is 15.0. The van der Waals surface area contributed by atoms with Crippen molar-refractivity contribution in [2.24, 2.45) is 0 Å². The SMILES string of the molecule is COc1ccc(OC)c(N2C(=O)C(c3cccs3)=C(N(C)Cc3ccccc3)C2=O)c1. The summed E-state index contributed by atoms with van der Waals surface area (Å²) in [5.74, 6) is 0.174. The largest absolute Gasteiger partial charge is 0.497 e. The first-order valence-corrected chi connectivity index (χ1v) is 10.6. The molecule has 31 heavy (non-hydrogen) atoms. The van der Waals surface area contributed by atoms with Crippen molar-refractivity contribution in [1.82, 2.24) is 4.90 Å². The zero-order chi connectivity index (χ0) is 22.0. The third-order valence-electron chi connectivity index (χ3n) is 5.10. The van der Waals surface area contributed by atoms with Gasteiger partial charge in [-0.2, -0.15) is 0 Å². The predicted octanol–water partition coefficient (Wildman–Crippen LogP) is 4.18. The summed E-state index contributed by atoms with van der Waals surface area (Å²) in [6.07, 6.45) is 0. The molecule has 3 aromatic rings. The van der Waals surface area contributed by atoms with Gasteiger partial charge in [0.25, 0.3) is 11.8 Å². The van der Waals surface area contributed by atoms with Gasteiger partial charge in [0.2, 0.25) is 0 Å². The Morgan fingerprint density at radius 3 is 2.35 bits per heavy atom. The lowest BCUT2D eigenvalue weighted by Gasteiger charge is -2.22. The van der Waals surface area contributed by atoms with Gasteiger partial charge in [-0.05, 0) is 29.1 Å². The molecule has 0 bridgehead atoms. The number of hydrogen-bond acceptors (Lipinski definition) is 6. The monoisotopic (exact) mass is 434 g/mol. The van der Waals surface area contributed by atoms with E-state index in [1.165, 1.54) is 30.5 Å². The van der Waals surface area contributed by atoms with Crippen LogP contribution in [0.1, 0.15) is 10.4 Å². The average Bonchev–Trinajstić information content (AvgIpc) is 3.40. The Labute approximate surface area is 184 Å². The lowest BCUT2D eigenvalue weighted by molar-refractivity contribution is -0.120. The highest BCUT2D eigenvalue weighted by atomic mass is 32.1. The molecule has 1 aliphatic rings. The van der Waals surface area contributed by atoms with E-state index in [0.29, 0.717) is 35.0 Å². The third kappa shape index (κ3) is 3.80. The molecule has 1 aromatic heterocycles. The van der Waals surface area contributed by atoms with Crippen molar-refractivity contribution >= 4 is 34.4 Å². The predicted molar refractivity (Wildman–Crippen MR) is 121 cm³/mol. The van der Waals surface area contributed by atoms with E-state index in [1.54, 1.807) is 18.2 Å². The average molecular weight is 435 g/mol. The molecule has 0 atom stereocenters. The van der Waals surface area contributed by atoms with Crippen LogP contribution in [0.4, 0.5) is 5.69 Å². The summed E-state index contributed by atoms with van der Waals surface area (Å²) in [6.45, 7) is 0.493. The van der Waals surface area contributed by atoms with Crippen LogP contribution in [-0.2, 0) is 16.1 Å². The molecule has 0 aliphatic carbocycles. The minimum absolute atomic E-state index is 0.356. The van der Waals surface area contributed by atoms with Crippen LogP contribution in [0.3, 0.4) is 0 Å². The third-order valence-corrected chi connectivity index (χ3v) is 5.99. The molecule has 0 spiro atoms. The number of carbonyl (C=O) groups excluding carboxylic acids is 2. The summed E-state index contributed by atoms with van der Waals surface area (Å²) in [6, 6.07) is 18.6. The molecule has 4 rings (SSSR count). The Balaban J connectivity index is 1.80. The van der Waals surface area contributed by atoms with E-state index in [4.69, 9.17) is 9.47 Å². The second-order valence-corrected chi connectivity index (χ2v) is 7.97. The number of likely N-dealkylation sites (N-methyl/N-ethyl adjacent to an activating group) is 1. The summed E-state index contributed by atoms with van der Waals surface area (Å²) in [7, 11) is 4.87. The fourth-order valence-corrected chi connectivity index (χ4v) is 4.40. The number of hydrogen-bond donors (Lipinski definition) is 0. The van der Waals surface area contributed by atoms with Crippen molar-refractivity contribution in [3.05, 3.63) is 82.2 Å². The standard InChI is InChI=1S/C24H22N2O4S/c1-25(15-16-8-5-4-6-9-16)22-21(20-10-7-13-31-20)23(27)26(24(22)28)18-14-17(29-2)11-12-19(18)30-3/h4-14H,15H2,1-3H3. The number of carbonyl (C=O) groups is 2. The van der Waals surface area contributed by atoms with Crippen molar-refractivity contribution in [3.63, 3.8) is 0 Å². The van der Waals surface area contributed by atoms with Crippen molar-refractivity contribution in [3.8, 4) is 11.5 Å². The maximum atomic E-state index is 13.6. The van der Waals surface area contributed by atoms with E-state index >= 15 is 0 Å². The molecule has 0 saturated heterocycles. The zero-order valence-corrected chi connectivity index (χ0v) is 18.3. The highest BCUT2D eigenvalue weighted by Crippen LogP contribution is 2.41. The Kier molecular flexibility index (Phi) is 5.77. The Morgan fingerprint density at radius 1 is 0.935 bits per heavy atom. The van der Waals surface area contributed by atoms with Crippen molar-refractivity contribution < 1.29 is 19.1 Å². The molecule has 0 fully saturated rings. The second-order valence-electron chi connectivity index (χ2n) is 7.03. The van der Waals surface area contributed by atoms with Gasteiger partial charge in [-0.25, -0.2) is 4.90 Å². The molecule has 0 radical (unpaired) electrons. The smallest absolute Gasteiger partial charge is 0.282 e. The number of amides is 2. The van der Waals surface area contributed by atoms with Gasteiger partial charge in [-0.15, -0.1) is 11.3 Å². The summed E-state index contributed by atoms with van der Waals surface area (Å²) < 4.78 is 10.8. The number of methoxy groups -OCH3 is 2. The molecule has 1 aliphatic heterocycles. The highest BCUT2D eigenvalue weighted by molar-refractivity contribution is 7.11. The summed E-state index contributed by atoms with van der Waals surface area (Å²) in [4.78, 5) is 31.0. The zero-order valence-electron chi connectivity index (χ0n) is 17.5. The Bertz CT molecular complexity index is 1140. The number of benzene rings is 2. The van der Waals surface area contributed by atoms with E-state index in [0.717, 1.165) is 10.4 Å². The number of anilines is 1. The first kappa shape index (κ1) is 20.7. The van der Waals surface area contributed by atoms with Gasteiger partial charge in [0.15, 0.2) is 0 Å². The van der Waals surface area contributed by atoms with Gasteiger partial charge in [-0.3, -0.25) is 9.59 Å². The van der Waals surface area contributed by atoms with Gasteiger partial charge in [0, 0.05) is 24.5 Å². The van der Waals surface area contributed by atoms with Crippen molar-refractivity contribution in [1.29, 1.82) is 0 Å². The van der Waals surface area contributed by atoms with E-state index in [1.807, 2.05) is 59.8 Å². The summed E-state index contributed by atoms with van der Waals surface area (Å²) in [5.41, 5.74) is 2.15. The van der Waals surface area contributed by atoms with Gasteiger partial charge < -0.3 is 14.4 Å². The summed E-state index contributed by atoms with van der Waals surface area (Å²) >= 11 is 1.43. The quantitative estimate of drug-likeness (QED) is 0.522. The lowest BCUT2D eigenvalue weighted by Crippen LogP contribution is -2.34. The topological polar surface area (TPSA) is 59.1 Å². The minimum atomic E-state index is -0.390. The van der Waals surface area contributed by atoms with Crippen LogP contribution in [-0.4, -0.2) is 38.0 Å². The molecular weight excluding hydrogens is 412 g/mol. The lowest BCUT2D eigenvalue weighted by atomic mass is 10.1. The first-order valence-electron chi connectivity index (χ1n) is 9.69. The van der Waals surface area contributed by atoms with Crippen LogP contribution >= 0.6 is 11.3 Å². The van der Waals surface area contributed by atoms with E-state index in [-0.39, 0.29) is 5.91 Å². The number of nitrogens with zero attached hydrogens (tertiary/aromatic N) is 2. The van der Waals surface area contributed by atoms with Gasteiger partial charge in [0.05, 0.1) is 25.5 Å². The molecule has 2 amide bonds. The fraction of sp³-hybridized carbons (Fsp3) is 0.167. The van der Waals surface area contributed by atoms with E-state index in [9.17, 15) is 9.59 Å². The van der Waals surface area contributed by atoms with E-state index in [2.05, 4.69) is 0 Å². The molecule has 158 valence electrons. The molecular formula is C24H22N2O4S. The maximum absolute atomic E-state index is 13.6. The van der Waals surface area contributed by atoms with Crippen molar-refractivity contribution in [2.75, 3.05) is 26.2 Å². The molecule has 0 unspecified atom stereocenters. The molecule has 0 saturated carbocycles. The van der Waals surface area contributed by atoms with Gasteiger partial charge >= 0.3 is 0 Å². The second kappa shape index (κ2) is 8.65. The number of ether oxygens (including phenoxy) is 2. The van der Waals surface area contributed by atoms with Crippen molar-refractivity contribution in [2.45, 2.75) is 6.54 Å². The molecule has 6 nitrogen and oxygen atoms in total. The van der Waals surface area contributed by atoms with E-state index < -0.39 is 5.91 Å². The fourth-order valence-electron chi connectivity index (χ4n) is 3.64. The Hall–Kier alpha value is -3.58. The minimum Gasteiger partial charge on any atom is -0.497 e. The van der Waals surface area contributed by atoms with Crippen LogP contribution in [0.2, 0.25) is 0 Å². The molecule has 2 aromatic carbocycles. The molecule has 0 N–H and O–H groups in total. The number of rotatable bonds is 7. The maximum Gasteiger partial charge on any atom is 0.282 e. The summed E-state index contributed by atoms with van der Waals surface area (Å²) in [5, 5.41) is 1.89. The normalized spacial score (nSPS) is 13.7. The molecule has 7 heteroatoms. The van der Waals surface area contributed by atoms with Crippen LogP contribution in [0.5, 0.6) is 11.5 Å². The Morgan fingerprint density at radius 2 is 1.71 bits per heavy atom. The molecule has 2 heterocycles. The van der Waals surface area contributed by atoms with Gasteiger partial charge in [-0.1, -0.05) is 36.4 Å². The van der Waals surface area contributed by atoms with Crippen LogP contribution in [0, 0.1) is 0 Å². The van der Waals surface area contributed by atoms with Crippen LogP contribution in [0.15, 0.2) is 71.7 Å².